The lowest BCUT2D eigenvalue weighted by Crippen LogP contribution is -2.16. The lowest BCUT2D eigenvalue weighted by atomic mass is 10.1. The molecule has 0 saturated carbocycles. The fourth-order valence-electron chi connectivity index (χ4n) is 1.67. The summed E-state index contributed by atoms with van der Waals surface area (Å²) in [7, 11) is 3.94. The minimum absolute atomic E-state index is 1.11. The van der Waals surface area contributed by atoms with Crippen molar-refractivity contribution >= 4 is 17.8 Å². The second kappa shape index (κ2) is 12.3. The van der Waals surface area contributed by atoms with Gasteiger partial charge in [0.2, 0.25) is 0 Å². The van der Waals surface area contributed by atoms with Crippen LogP contribution in [-0.4, -0.2) is 30.0 Å². The van der Waals surface area contributed by atoms with E-state index < -0.39 is 0 Å². The number of unbranched alkanes of at least 4 members (excludes halogenated alkanes) is 7. The van der Waals surface area contributed by atoms with E-state index >= 15 is 0 Å². The van der Waals surface area contributed by atoms with Gasteiger partial charge in [0.1, 0.15) is 5.84 Å². The molecule has 0 atom stereocenters. The summed E-state index contributed by atoms with van der Waals surface area (Å²) >= 11 is 1.88. The van der Waals surface area contributed by atoms with Crippen LogP contribution in [0.5, 0.6) is 0 Å². The fraction of sp³-hybridized carbons (Fsp3) is 0.929. The molecule has 0 heterocycles. The van der Waals surface area contributed by atoms with Gasteiger partial charge in [-0.05, 0) is 25.3 Å². The van der Waals surface area contributed by atoms with Crippen molar-refractivity contribution in [2.45, 2.75) is 65.2 Å². The Morgan fingerprint density at radius 3 is 2.06 bits per heavy atom. The summed E-state index contributed by atoms with van der Waals surface area (Å²) in [5.41, 5.74) is 0. The largest absolute Gasteiger partial charge is 0.308 e. The summed E-state index contributed by atoms with van der Waals surface area (Å²) in [4.78, 5) is 4.17. The molecule has 0 bridgehead atoms. The lowest BCUT2D eigenvalue weighted by Gasteiger charge is -2.16. The van der Waals surface area contributed by atoms with Gasteiger partial charge in [0.15, 0.2) is 0 Å². The van der Waals surface area contributed by atoms with Gasteiger partial charge in [-0.1, -0.05) is 51.9 Å². The first kappa shape index (κ1) is 16.8. The maximum Gasteiger partial charge on any atom is 0.105 e. The number of amidine groups is 1. The zero-order chi connectivity index (χ0) is 12.9. The second-order valence-electron chi connectivity index (χ2n) is 4.58. The second-order valence-corrected chi connectivity index (χ2v) is 5.79. The van der Waals surface area contributed by atoms with Crippen LogP contribution in [0.4, 0.5) is 0 Å². The van der Waals surface area contributed by atoms with Crippen molar-refractivity contribution < 1.29 is 0 Å². The molecule has 0 amide bonds. The summed E-state index contributed by atoms with van der Waals surface area (Å²) in [6.45, 7) is 4.33. The lowest BCUT2D eigenvalue weighted by molar-refractivity contribution is 0.586. The Bertz CT molecular complexity index is 193. The van der Waals surface area contributed by atoms with Crippen molar-refractivity contribution in [2.24, 2.45) is 4.99 Å². The third-order valence-electron chi connectivity index (χ3n) is 3.06. The Hall–Kier alpha value is -0.180. The van der Waals surface area contributed by atoms with Gasteiger partial charge in [-0.25, -0.2) is 0 Å². The van der Waals surface area contributed by atoms with Crippen LogP contribution in [-0.2, 0) is 0 Å². The van der Waals surface area contributed by atoms with Crippen LogP contribution in [0, 0.1) is 0 Å². The molecule has 102 valence electrons. The van der Waals surface area contributed by atoms with E-state index in [4.69, 9.17) is 0 Å². The molecule has 2 nitrogen and oxygen atoms in total. The first-order chi connectivity index (χ1) is 8.22. The van der Waals surface area contributed by atoms with Gasteiger partial charge in [-0.2, -0.15) is 0 Å². The first-order valence-corrected chi connectivity index (χ1v) is 7.96. The average molecular weight is 258 g/mol. The predicted octanol–water partition coefficient (Wildman–Crippen LogP) is 4.76. The van der Waals surface area contributed by atoms with Crippen molar-refractivity contribution in [3.63, 3.8) is 0 Å². The van der Waals surface area contributed by atoms with E-state index in [0.29, 0.717) is 0 Å². The number of hydrogen-bond donors (Lipinski definition) is 0. The van der Waals surface area contributed by atoms with Crippen LogP contribution in [0.1, 0.15) is 65.2 Å². The van der Waals surface area contributed by atoms with Crippen LogP contribution in [0.15, 0.2) is 4.99 Å². The quantitative estimate of drug-likeness (QED) is 0.243. The normalized spacial score (nSPS) is 11.9. The van der Waals surface area contributed by atoms with Crippen LogP contribution in [0.3, 0.4) is 0 Å². The molecule has 0 aliphatic rings. The molecule has 3 heteroatoms. The molecule has 0 aromatic rings. The molecule has 0 aromatic heterocycles. The third kappa shape index (κ3) is 10.7. The maximum absolute atomic E-state index is 4.17. The van der Waals surface area contributed by atoms with Gasteiger partial charge in [0.05, 0.1) is 0 Å². The number of nitrogens with zero attached hydrogens (tertiary/aromatic N) is 2. The van der Waals surface area contributed by atoms with E-state index in [1.165, 1.54) is 57.1 Å². The number of rotatable bonds is 10. The topological polar surface area (TPSA) is 15.6 Å². The standard InChI is InChI=1S/C14H30N2S/c1-5-6-7-8-9-10-11-12-13-17-16(4)14(2)15-3/h5-13H2,1-4H3/b15-14+. The highest BCUT2D eigenvalue weighted by atomic mass is 32.2. The Kier molecular flexibility index (Phi) is 12.2. The van der Waals surface area contributed by atoms with Crippen molar-refractivity contribution in [1.82, 2.24) is 4.31 Å². The van der Waals surface area contributed by atoms with E-state index in [0.717, 1.165) is 5.84 Å². The molecule has 0 aliphatic carbocycles. The van der Waals surface area contributed by atoms with Crippen molar-refractivity contribution in [3.8, 4) is 0 Å². The van der Waals surface area contributed by atoms with E-state index in [1.54, 1.807) is 0 Å². The Morgan fingerprint density at radius 1 is 1.00 bits per heavy atom. The number of hydrogen-bond acceptors (Lipinski definition) is 2. The molecule has 0 unspecified atom stereocenters. The third-order valence-corrected chi connectivity index (χ3v) is 4.18. The summed E-state index contributed by atoms with van der Waals surface area (Å²) in [5.74, 6) is 2.33. The highest BCUT2D eigenvalue weighted by Gasteiger charge is 1.99. The zero-order valence-electron chi connectivity index (χ0n) is 12.2. The van der Waals surface area contributed by atoms with Gasteiger partial charge >= 0.3 is 0 Å². The van der Waals surface area contributed by atoms with Gasteiger partial charge < -0.3 is 4.31 Å². The van der Waals surface area contributed by atoms with Crippen molar-refractivity contribution in [1.29, 1.82) is 0 Å². The molecule has 0 radical (unpaired) electrons. The van der Waals surface area contributed by atoms with Gasteiger partial charge in [0.25, 0.3) is 0 Å². The summed E-state index contributed by atoms with van der Waals surface area (Å²) in [6.07, 6.45) is 11.2. The van der Waals surface area contributed by atoms with Crippen LogP contribution in [0.25, 0.3) is 0 Å². The number of aliphatic imine (C=N–C) groups is 1. The van der Waals surface area contributed by atoms with Gasteiger partial charge in [-0.15, -0.1) is 0 Å². The molecule has 0 spiro atoms. The molecule has 0 aromatic carbocycles. The molecule has 0 saturated heterocycles. The highest BCUT2D eigenvalue weighted by molar-refractivity contribution is 7.97. The molecule has 0 N–H and O–H groups in total. The van der Waals surface area contributed by atoms with E-state index in [-0.39, 0.29) is 0 Å². The van der Waals surface area contributed by atoms with Crippen LogP contribution >= 0.6 is 11.9 Å². The van der Waals surface area contributed by atoms with Crippen molar-refractivity contribution in [3.05, 3.63) is 0 Å². The molecule has 0 fully saturated rings. The smallest absolute Gasteiger partial charge is 0.105 e. The van der Waals surface area contributed by atoms with Crippen molar-refractivity contribution in [2.75, 3.05) is 19.8 Å². The molecule has 0 rings (SSSR count). The monoisotopic (exact) mass is 258 g/mol. The molecular formula is C14H30N2S. The van der Waals surface area contributed by atoms with Gasteiger partial charge in [-0.3, -0.25) is 4.99 Å². The van der Waals surface area contributed by atoms with Crippen LogP contribution < -0.4 is 0 Å². The zero-order valence-corrected chi connectivity index (χ0v) is 13.0. The Labute approximate surface area is 112 Å². The predicted molar refractivity (Wildman–Crippen MR) is 81.9 cm³/mol. The minimum atomic E-state index is 1.11. The summed E-state index contributed by atoms with van der Waals surface area (Å²) in [5, 5.41) is 0. The molecular weight excluding hydrogens is 228 g/mol. The SMILES string of the molecule is CCCCCCCCCCSN(C)/C(C)=N/C. The average Bonchev–Trinajstić information content (AvgIpc) is 2.35. The Morgan fingerprint density at radius 2 is 1.53 bits per heavy atom. The van der Waals surface area contributed by atoms with Crippen LogP contribution in [0.2, 0.25) is 0 Å². The molecule has 17 heavy (non-hydrogen) atoms. The fourth-order valence-corrected chi connectivity index (χ4v) is 2.55. The van der Waals surface area contributed by atoms with Gasteiger partial charge in [0, 0.05) is 19.8 Å². The first-order valence-electron chi connectivity index (χ1n) is 7.02. The molecule has 0 aliphatic heterocycles. The van der Waals surface area contributed by atoms with E-state index in [2.05, 4.69) is 30.2 Å². The summed E-state index contributed by atoms with van der Waals surface area (Å²) in [6, 6.07) is 0. The summed E-state index contributed by atoms with van der Waals surface area (Å²) < 4.78 is 2.17. The minimum Gasteiger partial charge on any atom is -0.308 e. The maximum atomic E-state index is 4.17. The Balaban J connectivity index is 3.18. The van der Waals surface area contributed by atoms with E-state index in [1.807, 2.05) is 19.0 Å². The van der Waals surface area contributed by atoms with E-state index in [9.17, 15) is 0 Å². The highest BCUT2D eigenvalue weighted by Crippen LogP contribution is 2.13.